The van der Waals surface area contributed by atoms with Crippen LogP contribution in [0.3, 0.4) is 0 Å². The smallest absolute Gasteiger partial charge is 0.323 e. The van der Waals surface area contributed by atoms with Gasteiger partial charge in [-0.3, -0.25) is 9.59 Å². The van der Waals surface area contributed by atoms with E-state index in [0.717, 1.165) is 140 Å². The van der Waals surface area contributed by atoms with E-state index >= 15 is 0 Å². The zero-order valence-electron chi connectivity index (χ0n) is 66.5. The first kappa shape index (κ1) is 84.5. The minimum atomic E-state index is -1.19. The molecule has 3 heterocycles. The van der Waals surface area contributed by atoms with Crippen molar-refractivity contribution in [1.82, 2.24) is 29.7 Å². The van der Waals surface area contributed by atoms with Crippen LogP contribution in [-0.2, 0) is 75.2 Å². The highest BCUT2D eigenvalue weighted by atomic mass is 16.6. The monoisotopic (exact) mass is 1530 g/mol. The number of likely N-dealkylation sites (N-methyl/N-ethyl adjacent to an activating group) is 3. The molecule has 2 unspecified atom stereocenters. The van der Waals surface area contributed by atoms with E-state index in [9.17, 15) is 14.7 Å². The largest absolute Gasteiger partial charge is 0.497 e. The summed E-state index contributed by atoms with van der Waals surface area (Å²) in [6, 6.07) is 76.0. The summed E-state index contributed by atoms with van der Waals surface area (Å²) in [4.78, 5) is 41.7. The Hall–Kier alpha value is -11.0. The molecular formula is C92H111N9O12. The average molecular weight is 1530 g/mol. The lowest BCUT2D eigenvalue weighted by atomic mass is 10.0. The van der Waals surface area contributed by atoms with Crippen molar-refractivity contribution in [2.24, 2.45) is 17.2 Å². The van der Waals surface area contributed by atoms with Crippen molar-refractivity contribution in [2.45, 2.75) is 94.1 Å². The Bertz CT molecular complexity index is 4550. The van der Waals surface area contributed by atoms with Crippen LogP contribution in [0.5, 0.6) is 34.5 Å². The van der Waals surface area contributed by atoms with Crippen LogP contribution in [0.4, 0.5) is 0 Å². The van der Waals surface area contributed by atoms with Crippen molar-refractivity contribution in [1.29, 1.82) is 0 Å². The van der Waals surface area contributed by atoms with Gasteiger partial charge < -0.3 is 94.6 Å². The number of fused-ring (bicyclic) bond motifs is 3. The second-order valence-electron chi connectivity index (χ2n) is 29.1. The molecule has 113 heavy (non-hydrogen) atoms. The second kappa shape index (κ2) is 43.2. The van der Waals surface area contributed by atoms with Crippen molar-refractivity contribution in [3.63, 3.8) is 0 Å². The van der Waals surface area contributed by atoms with Crippen LogP contribution in [-0.4, -0.2) is 186 Å². The number of benzene rings is 9. The lowest BCUT2D eigenvalue weighted by molar-refractivity contribution is -0.160. The van der Waals surface area contributed by atoms with Crippen LogP contribution in [0.15, 0.2) is 237 Å². The first-order chi connectivity index (χ1) is 54.7. The molecule has 9 aromatic carbocycles. The number of aromatic amines is 3. The Morgan fingerprint density at radius 1 is 0.381 bits per heavy atom. The maximum Gasteiger partial charge on any atom is 0.323 e. The van der Waals surface area contributed by atoms with Gasteiger partial charge in [0, 0.05) is 66.1 Å². The summed E-state index contributed by atoms with van der Waals surface area (Å²) in [7, 11) is 16.7. The third-order valence-corrected chi connectivity index (χ3v) is 19.2. The van der Waals surface area contributed by atoms with Crippen LogP contribution in [0.2, 0.25) is 0 Å². The van der Waals surface area contributed by atoms with Gasteiger partial charge in [0.1, 0.15) is 84.7 Å². The summed E-state index contributed by atoms with van der Waals surface area (Å²) in [5.74, 6) is 4.08. The molecule has 0 aliphatic carbocycles. The average Bonchev–Trinajstić information content (AvgIpc) is 1.70. The van der Waals surface area contributed by atoms with Crippen molar-refractivity contribution < 1.29 is 57.3 Å². The molecule has 0 radical (unpaired) electrons. The third-order valence-electron chi connectivity index (χ3n) is 19.2. The maximum atomic E-state index is 12.9. The molecule has 0 spiro atoms. The molecular weight excluding hydrogens is 1420 g/mol. The highest BCUT2D eigenvalue weighted by molar-refractivity contribution is 5.83. The maximum absolute atomic E-state index is 12.9. The van der Waals surface area contributed by atoms with Crippen molar-refractivity contribution in [2.75, 3.05) is 103 Å². The van der Waals surface area contributed by atoms with E-state index < -0.39 is 48.6 Å². The number of hydrogen-bond acceptors (Lipinski definition) is 18. The lowest BCUT2D eigenvalue weighted by Crippen LogP contribution is -2.41. The SMILES string of the molecule is COc1ccc(CCc2ccccc2OCC(CN(C)C)OC(O)[C@H](N)c2cc3ccccc3[nH]2)cc1.COc1ccc(CCc2ccccc2OC[C@@H](CN(C)C)OC(=O)[C@H](N)Cc2cc3ccccc3[nH]2)cc1.COc1ccc(CCc2ccccc2OC[C@H](CN(C)C)OC(=O)[C@H](N)Cc2cc3ccccc3[nH]2)cc1. The topological polar surface area (TPSA) is 273 Å². The number of esters is 2. The Kier molecular flexibility index (Phi) is 32.3. The number of nitrogens with zero attached hydrogens (tertiary/aromatic N) is 3. The zero-order chi connectivity index (χ0) is 80.0. The number of carbonyl (C=O) groups excluding carboxylic acids is 2. The van der Waals surface area contributed by atoms with Gasteiger partial charge in [0.05, 0.1) is 27.4 Å². The van der Waals surface area contributed by atoms with Crippen LogP contribution in [0, 0.1) is 0 Å². The number of para-hydroxylation sites is 6. The fourth-order valence-corrected chi connectivity index (χ4v) is 13.3. The van der Waals surface area contributed by atoms with Crippen molar-refractivity contribution >= 4 is 44.6 Å². The molecule has 7 atom stereocenters. The number of ether oxygens (including phenoxy) is 9. The highest BCUT2D eigenvalue weighted by Gasteiger charge is 2.28. The van der Waals surface area contributed by atoms with Crippen molar-refractivity contribution in [3.05, 3.63) is 287 Å². The highest BCUT2D eigenvalue weighted by Crippen LogP contribution is 2.28. The lowest BCUT2D eigenvalue weighted by Gasteiger charge is -2.27. The van der Waals surface area contributed by atoms with E-state index in [1.54, 1.807) is 21.3 Å². The molecule has 0 aliphatic rings. The predicted molar refractivity (Wildman–Crippen MR) is 449 cm³/mol. The van der Waals surface area contributed by atoms with E-state index in [0.29, 0.717) is 32.5 Å². The zero-order valence-corrected chi connectivity index (χ0v) is 66.5. The Morgan fingerprint density at radius 2 is 0.690 bits per heavy atom. The molecule has 12 aromatic rings. The first-order valence-electron chi connectivity index (χ1n) is 38.4. The van der Waals surface area contributed by atoms with E-state index in [-0.39, 0.29) is 25.9 Å². The van der Waals surface area contributed by atoms with Gasteiger partial charge in [0.15, 0.2) is 6.29 Å². The molecule has 0 saturated heterocycles. The standard InChI is InChI=1S/2C31H37N3O4.C30H37N3O4/c2*1-34(2)20-27(38-31(35)28(32)19-25-18-24-9-4-6-10-29(24)33-25)21-37-30-11-7-5-8-23(30)15-12-22-13-16-26(36-3)17-14-22;1-33(2)19-25(37-30(34)29(31)27-18-23-9-4-6-10-26(23)32-27)20-36-28-11-7-5-8-22(28)15-12-21-13-16-24(35-3)17-14-21/h2*4-11,13-14,16-18,27-28,33H,12,15,19-21,32H2,1-3H3;4-11,13-14,16-18,25,29-30,32,34H,12,15,19-20,31H2,1-3H3/t27-,28+;27-,28-;25?,29-,30?/m011/s1. The van der Waals surface area contributed by atoms with Gasteiger partial charge in [0.2, 0.25) is 0 Å². The van der Waals surface area contributed by atoms with E-state index in [2.05, 4.69) is 69.5 Å². The molecule has 3 aromatic heterocycles. The fourth-order valence-electron chi connectivity index (χ4n) is 13.3. The normalized spacial score (nSPS) is 13.2. The molecule has 12 rings (SSSR count). The molecule has 21 nitrogen and oxygen atoms in total. The number of hydrogen-bond donors (Lipinski definition) is 7. The molecule has 0 fully saturated rings. The summed E-state index contributed by atoms with van der Waals surface area (Å²) < 4.78 is 52.0. The van der Waals surface area contributed by atoms with Crippen LogP contribution < -0.4 is 45.6 Å². The molecule has 10 N–H and O–H groups in total. The molecule has 0 amide bonds. The second-order valence-corrected chi connectivity index (χ2v) is 29.1. The summed E-state index contributed by atoms with van der Waals surface area (Å²) in [5, 5.41) is 14.1. The number of aliphatic hydroxyl groups excluding tert-OH is 1. The van der Waals surface area contributed by atoms with E-state index in [1.807, 2.05) is 239 Å². The van der Waals surface area contributed by atoms with Crippen LogP contribution >= 0.6 is 0 Å². The number of H-pyrrole nitrogens is 3. The molecule has 0 bridgehead atoms. The summed E-state index contributed by atoms with van der Waals surface area (Å²) in [5.41, 5.74) is 31.4. The first-order valence-corrected chi connectivity index (χ1v) is 38.4. The van der Waals surface area contributed by atoms with Gasteiger partial charge in [-0.05, 0) is 221 Å². The van der Waals surface area contributed by atoms with Gasteiger partial charge in [-0.2, -0.15) is 0 Å². The third kappa shape index (κ3) is 26.6. The summed E-state index contributed by atoms with van der Waals surface area (Å²) >= 11 is 0. The fraction of sp³-hybridized carbons (Fsp3) is 0.326. The molecule has 21 heteroatoms. The summed E-state index contributed by atoms with van der Waals surface area (Å²) in [6.45, 7) is 2.39. The minimum absolute atomic E-state index is 0.239. The number of nitrogens with two attached hydrogens (primary N) is 3. The van der Waals surface area contributed by atoms with Crippen LogP contribution in [0.1, 0.15) is 56.5 Å². The summed E-state index contributed by atoms with van der Waals surface area (Å²) in [6.07, 6.45) is 3.41. The van der Waals surface area contributed by atoms with Gasteiger partial charge in [-0.1, -0.05) is 146 Å². The van der Waals surface area contributed by atoms with Gasteiger partial charge >= 0.3 is 11.9 Å². The molecule has 596 valence electrons. The number of aryl methyl sites for hydroxylation is 6. The van der Waals surface area contributed by atoms with Crippen molar-refractivity contribution in [3.8, 4) is 34.5 Å². The van der Waals surface area contributed by atoms with Gasteiger partial charge in [-0.25, -0.2) is 0 Å². The number of nitrogens with one attached hydrogen (secondary N) is 3. The molecule has 0 aliphatic heterocycles. The number of carbonyl (C=O) groups is 2. The quantitative estimate of drug-likeness (QED) is 0.0139. The van der Waals surface area contributed by atoms with E-state index in [4.69, 9.17) is 59.8 Å². The predicted octanol–water partition coefficient (Wildman–Crippen LogP) is 13.1. The Morgan fingerprint density at radius 3 is 1.03 bits per heavy atom. The van der Waals surface area contributed by atoms with Crippen LogP contribution in [0.25, 0.3) is 32.7 Å². The Balaban J connectivity index is 0.000000180. The number of rotatable bonds is 39. The number of methoxy groups -OCH3 is 3. The minimum Gasteiger partial charge on any atom is -0.497 e. The number of aliphatic hydroxyl groups is 1. The number of aromatic nitrogens is 3. The molecule has 0 saturated carbocycles. The Labute approximate surface area is 664 Å². The van der Waals surface area contributed by atoms with E-state index in [1.165, 1.54) is 16.7 Å². The van der Waals surface area contributed by atoms with Gasteiger partial charge in [0.25, 0.3) is 0 Å². The van der Waals surface area contributed by atoms with Gasteiger partial charge in [-0.15, -0.1) is 0 Å².